The number of anilines is 2. The van der Waals surface area contributed by atoms with Crippen molar-refractivity contribution >= 4 is 17.5 Å². The van der Waals surface area contributed by atoms with Crippen molar-refractivity contribution in [3.05, 3.63) is 54.2 Å². The van der Waals surface area contributed by atoms with Crippen molar-refractivity contribution in [2.45, 2.75) is 24.1 Å². The average Bonchev–Trinajstić information content (AvgIpc) is 2.60. The van der Waals surface area contributed by atoms with E-state index in [9.17, 15) is 44.6 Å². The zero-order valence-electron chi connectivity index (χ0n) is 14.3. The van der Waals surface area contributed by atoms with Gasteiger partial charge in [0.05, 0.1) is 0 Å². The summed E-state index contributed by atoms with van der Waals surface area (Å²) in [7, 11) is 0. The Morgan fingerprint density at radius 1 is 0.833 bits per heavy atom. The maximum atomic E-state index is 12.7. The molecule has 0 aliphatic heterocycles. The first kappa shape index (κ1) is 25.0. The van der Waals surface area contributed by atoms with Crippen molar-refractivity contribution in [2.24, 2.45) is 0 Å². The molecule has 14 heteroatoms. The van der Waals surface area contributed by atoms with Crippen LogP contribution in [-0.2, 0) is 10.4 Å². The number of aromatic nitrogens is 1. The summed E-state index contributed by atoms with van der Waals surface area (Å²) in [6, 6.07) is 7.96. The van der Waals surface area contributed by atoms with Crippen molar-refractivity contribution < 1.29 is 54.5 Å². The van der Waals surface area contributed by atoms with Gasteiger partial charge in [0.1, 0.15) is 5.82 Å². The highest BCUT2D eigenvalue weighted by atomic mass is 19.4. The van der Waals surface area contributed by atoms with Gasteiger partial charge < -0.3 is 15.5 Å². The molecule has 0 saturated heterocycles. The molecule has 1 heterocycles. The highest BCUT2D eigenvalue weighted by Gasteiger charge is 2.71. The van der Waals surface area contributed by atoms with Gasteiger partial charge in [0.25, 0.3) is 5.60 Å². The van der Waals surface area contributed by atoms with Crippen molar-refractivity contribution in [3.63, 3.8) is 0 Å². The van der Waals surface area contributed by atoms with Gasteiger partial charge in [-0.2, -0.15) is 39.5 Å². The number of hydrogen-bond donors (Lipinski definition) is 3. The smallest absolute Gasteiger partial charge is 0.475 e. The number of aliphatic hydroxyl groups is 1. The largest absolute Gasteiger partial charge is 0.490 e. The summed E-state index contributed by atoms with van der Waals surface area (Å²) < 4.78 is 108. The van der Waals surface area contributed by atoms with Crippen molar-refractivity contribution in [2.75, 3.05) is 5.32 Å². The third-order valence-electron chi connectivity index (χ3n) is 3.30. The number of benzene rings is 1. The highest BCUT2D eigenvalue weighted by Crippen LogP contribution is 2.50. The fourth-order valence-corrected chi connectivity index (χ4v) is 1.87. The highest BCUT2D eigenvalue weighted by molar-refractivity contribution is 5.73. The van der Waals surface area contributed by atoms with Crippen LogP contribution in [0.5, 0.6) is 0 Å². The topological polar surface area (TPSA) is 82.5 Å². The SMILES string of the molecule is O=C(O)C(F)(F)F.OC(c1ccc(Nc2ccccn2)cc1)(C(F)(F)F)C(F)(F)F. The fraction of sp³-hybridized carbons (Fsp3) is 0.250. The molecule has 0 saturated carbocycles. The predicted octanol–water partition coefficient (Wildman–Crippen LogP) is 4.77. The summed E-state index contributed by atoms with van der Waals surface area (Å²) in [5.41, 5.74) is -6.02. The zero-order valence-corrected chi connectivity index (χ0v) is 14.3. The molecule has 5 nitrogen and oxygen atoms in total. The number of aliphatic carboxylic acids is 1. The molecular weight excluding hydrogens is 439 g/mol. The number of alkyl halides is 9. The lowest BCUT2D eigenvalue weighted by molar-refractivity contribution is -0.376. The molecule has 0 aliphatic carbocycles. The van der Waals surface area contributed by atoms with Crippen LogP contribution in [0.2, 0.25) is 0 Å². The van der Waals surface area contributed by atoms with E-state index >= 15 is 0 Å². The first-order valence-corrected chi connectivity index (χ1v) is 7.44. The maximum absolute atomic E-state index is 12.7. The molecule has 0 atom stereocenters. The van der Waals surface area contributed by atoms with Crippen LogP contribution in [0.15, 0.2) is 48.7 Å². The molecule has 0 fully saturated rings. The Morgan fingerprint density at radius 2 is 1.30 bits per heavy atom. The molecule has 2 aromatic rings. The first-order chi connectivity index (χ1) is 13.5. The maximum Gasteiger partial charge on any atom is 0.490 e. The predicted molar refractivity (Wildman–Crippen MR) is 83.7 cm³/mol. The van der Waals surface area contributed by atoms with Gasteiger partial charge in [0.15, 0.2) is 0 Å². The molecule has 2 rings (SSSR count). The van der Waals surface area contributed by atoms with Gasteiger partial charge in [-0.1, -0.05) is 18.2 Å². The summed E-state index contributed by atoms with van der Waals surface area (Å²) in [6.45, 7) is 0. The van der Waals surface area contributed by atoms with Gasteiger partial charge in [-0.05, 0) is 24.3 Å². The van der Waals surface area contributed by atoms with Gasteiger partial charge in [-0.15, -0.1) is 0 Å². The zero-order chi connectivity index (χ0) is 23.4. The second-order valence-electron chi connectivity index (χ2n) is 5.43. The van der Waals surface area contributed by atoms with Crippen LogP contribution in [0.4, 0.5) is 51.0 Å². The van der Waals surface area contributed by atoms with E-state index in [1.165, 1.54) is 6.20 Å². The molecule has 0 radical (unpaired) electrons. The summed E-state index contributed by atoms with van der Waals surface area (Å²) in [6.07, 6.45) is -15.4. The Bertz CT molecular complexity index is 818. The lowest BCUT2D eigenvalue weighted by Crippen LogP contribution is -2.53. The Hall–Kier alpha value is -3.03. The molecule has 1 aromatic carbocycles. The van der Waals surface area contributed by atoms with Gasteiger partial charge in [-0.3, -0.25) is 0 Å². The number of nitrogens with one attached hydrogen (secondary N) is 1. The minimum atomic E-state index is -5.90. The molecule has 166 valence electrons. The van der Waals surface area contributed by atoms with Gasteiger partial charge in [-0.25, -0.2) is 9.78 Å². The summed E-state index contributed by atoms with van der Waals surface area (Å²) >= 11 is 0. The molecule has 0 bridgehead atoms. The minimum Gasteiger partial charge on any atom is -0.475 e. The van der Waals surface area contributed by atoms with E-state index < -0.39 is 35.7 Å². The molecule has 1 aromatic heterocycles. The standard InChI is InChI=1S/C14H10F6N2O.C2HF3O2/c15-13(16,17)12(23,14(18,19)20)9-4-6-10(7-5-9)22-11-3-1-2-8-21-11;3-2(4,5)1(6)7/h1-8,23H,(H,21,22);(H,6,7). The van der Waals surface area contributed by atoms with Gasteiger partial charge in [0, 0.05) is 17.4 Å². The van der Waals surface area contributed by atoms with Gasteiger partial charge in [0.2, 0.25) is 0 Å². The van der Waals surface area contributed by atoms with Gasteiger partial charge >= 0.3 is 24.5 Å². The van der Waals surface area contributed by atoms with Crippen LogP contribution in [-0.4, -0.2) is 39.7 Å². The molecule has 0 amide bonds. The Morgan fingerprint density at radius 3 is 1.63 bits per heavy atom. The van der Waals surface area contributed by atoms with Crippen LogP contribution >= 0.6 is 0 Å². The van der Waals surface area contributed by atoms with Crippen LogP contribution in [0.1, 0.15) is 5.56 Å². The third kappa shape index (κ3) is 5.98. The second-order valence-corrected chi connectivity index (χ2v) is 5.43. The second kappa shape index (κ2) is 8.77. The molecule has 0 unspecified atom stereocenters. The molecule has 0 spiro atoms. The van der Waals surface area contributed by atoms with E-state index in [0.29, 0.717) is 18.0 Å². The Labute approximate surface area is 161 Å². The number of carbonyl (C=O) groups is 1. The summed E-state index contributed by atoms with van der Waals surface area (Å²) in [5, 5.41) is 19.1. The molecule has 0 aliphatic rings. The molecule has 3 N–H and O–H groups in total. The number of hydrogen-bond acceptors (Lipinski definition) is 4. The number of nitrogens with zero attached hydrogens (tertiary/aromatic N) is 1. The number of pyridine rings is 1. The third-order valence-corrected chi connectivity index (χ3v) is 3.30. The molecule has 30 heavy (non-hydrogen) atoms. The average molecular weight is 450 g/mol. The molecular formula is C16H11F9N2O3. The summed E-state index contributed by atoms with van der Waals surface area (Å²) in [5.74, 6) is -2.39. The van der Waals surface area contributed by atoms with Crippen LogP contribution in [0, 0.1) is 0 Å². The lowest BCUT2D eigenvalue weighted by atomic mass is 9.92. The first-order valence-electron chi connectivity index (χ1n) is 7.44. The van der Waals surface area contributed by atoms with Crippen LogP contribution in [0.3, 0.4) is 0 Å². The lowest BCUT2D eigenvalue weighted by Gasteiger charge is -2.32. The quantitative estimate of drug-likeness (QED) is 0.587. The Kier molecular flexibility index (Phi) is 7.31. The normalized spacial score (nSPS) is 12.6. The number of rotatable bonds is 3. The van der Waals surface area contributed by atoms with E-state index in [2.05, 4.69) is 10.3 Å². The van der Waals surface area contributed by atoms with Crippen molar-refractivity contribution in [3.8, 4) is 0 Å². The number of halogens is 9. The number of carboxylic acid groups (broad SMARTS) is 1. The monoisotopic (exact) mass is 450 g/mol. The van der Waals surface area contributed by atoms with Crippen molar-refractivity contribution in [1.82, 2.24) is 4.98 Å². The minimum absolute atomic E-state index is 0.221. The van der Waals surface area contributed by atoms with E-state index in [0.717, 1.165) is 12.1 Å². The van der Waals surface area contributed by atoms with Crippen LogP contribution < -0.4 is 5.32 Å². The number of carboxylic acids is 1. The van der Waals surface area contributed by atoms with E-state index in [4.69, 9.17) is 9.90 Å². The van der Waals surface area contributed by atoms with E-state index in [1.54, 1.807) is 18.2 Å². The van der Waals surface area contributed by atoms with Crippen molar-refractivity contribution in [1.29, 1.82) is 0 Å². The Balaban J connectivity index is 0.000000553. The van der Waals surface area contributed by atoms with E-state index in [1.807, 2.05) is 0 Å². The summed E-state index contributed by atoms with van der Waals surface area (Å²) in [4.78, 5) is 12.8. The van der Waals surface area contributed by atoms with Crippen LogP contribution in [0.25, 0.3) is 0 Å². The fourth-order valence-electron chi connectivity index (χ4n) is 1.87. The van der Waals surface area contributed by atoms with E-state index in [-0.39, 0.29) is 5.69 Å².